The van der Waals surface area contributed by atoms with E-state index in [1.54, 1.807) is 0 Å². The largest absolute Gasteiger partial charge is 0.386 e. The van der Waals surface area contributed by atoms with Crippen molar-refractivity contribution in [2.24, 2.45) is 0 Å². The van der Waals surface area contributed by atoms with Gasteiger partial charge in [0, 0.05) is 18.5 Å². The van der Waals surface area contributed by atoms with E-state index in [-0.39, 0.29) is 0 Å². The number of rotatable bonds is 7. The lowest BCUT2D eigenvalue weighted by molar-refractivity contribution is 0.709. The molecular weight excluding hydrogens is 350 g/mol. The van der Waals surface area contributed by atoms with Crippen LogP contribution < -0.4 is 16.0 Å². The van der Waals surface area contributed by atoms with Crippen molar-refractivity contribution in [3.8, 4) is 0 Å². The van der Waals surface area contributed by atoms with E-state index in [2.05, 4.69) is 46.3 Å². The fourth-order valence-corrected chi connectivity index (χ4v) is 4.64. The number of fused-ring (bicyclic) bond motifs is 1. The monoisotopic (exact) mass is 375 g/mol. The predicted molar refractivity (Wildman–Crippen MR) is 112 cm³/mol. The number of hydrogen-bond acceptors (Lipinski definition) is 4. The van der Waals surface area contributed by atoms with Crippen LogP contribution in [0.2, 0.25) is 5.02 Å². The summed E-state index contributed by atoms with van der Waals surface area (Å²) in [6.07, 6.45) is 3.27. The molecule has 0 fully saturated rings. The highest BCUT2D eigenvalue weighted by molar-refractivity contribution is 7.99. The van der Waals surface area contributed by atoms with Crippen LogP contribution in [0, 0.1) is 0 Å². The maximum absolute atomic E-state index is 6.50. The van der Waals surface area contributed by atoms with Crippen molar-refractivity contribution < 1.29 is 0 Å². The molecule has 0 amide bonds. The Morgan fingerprint density at radius 3 is 2.72 bits per heavy atom. The van der Waals surface area contributed by atoms with Crippen LogP contribution >= 0.6 is 23.4 Å². The highest BCUT2D eigenvalue weighted by atomic mass is 35.5. The number of benzene rings is 2. The van der Waals surface area contributed by atoms with E-state index in [1.165, 1.54) is 16.0 Å². The van der Waals surface area contributed by atoms with Crippen molar-refractivity contribution >= 4 is 34.7 Å². The maximum atomic E-state index is 6.50. The Bertz CT molecular complexity index is 705. The molecular formula is C20H26ClN3S. The van der Waals surface area contributed by atoms with E-state index in [1.807, 2.05) is 24.9 Å². The van der Waals surface area contributed by atoms with Gasteiger partial charge < -0.3 is 16.0 Å². The molecule has 0 radical (unpaired) electrons. The molecule has 0 atom stereocenters. The van der Waals surface area contributed by atoms with Crippen LogP contribution in [0.3, 0.4) is 0 Å². The summed E-state index contributed by atoms with van der Waals surface area (Å²) in [5, 5.41) is 11.1. The molecule has 134 valence electrons. The summed E-state index contributed by atoms with van der Waals surface area (Å²) in [6.45, 7) is 3.07. The second kappa shape index (κ2) is 9.37. The molecule has 1 aliphatic rings. The van der Waals surface area contributed by atoms with Gasteiger partial charge in [-0.1, -0.05) is 29.8 Å². The number of nitrogens with one attached hydrogen (secondary N) is 3. The van der Waals surface area contributed by atoms with E-state index in [4.69, 9.17) is 11.6 Å². The third-order valence-electron chi connectivity index (χ3n) is 4.51. The molecule has 5 heteroatoms. The fraction of sp³-hybridized carbons (Fsp3) is 0.400. The van der Waals surface area contributed by atoms with E-state index >= 15 is 0 Å². The minimum Gasteiger partial charge on any atom is -0.386 e. The Morgan fingerprint density at radius 1 is 1.08 bits per heavy atom. The number of halogens is 1. The first-order valence-corrected chi connectivity index (χ1v) is 10.3. The summed E-state index contributed by atoms with van der Waals surface area (Å²) in [7, 11) is 1.95. The zero-order chi connectivity index (χ0) is 17.5. The normalized spacial score (nSPS) is 13.8. The molecule has 0 saturated heterocycles. The summed E-state index contributed by atoms with van der Waals surface area (Å²) in [5.41, 5.74) is 5.21. The zero-order valence-corrected chi connectivity index (χ0v) is 16.3. The van der Waals surface area contributed by atoms with Crippen LogP contribution in [-0.4, -0.2) is 32.4 Å². The van der Waals surface area contributed by atoms with Crippen LogP contribution in [0.1, 0.15) is 17.5 Å². The van der Waals surface area contributed by atoms with Crippen molar-refractivity contribution in [1.29, 1.82) is 0 Å². The van der Waals surface area contributed by atoms with E-state index in [0.717, 1.165) is 61.0 Å². The smallest absolute Gasteiger partial charge is 0.0575 e. The minimum atomic E-state index is 0.902. The Hall–Kier alpha value is -1.36. The standard InChI is InChI=1S/C20H26ClN3S/c1-22-18-5-2-3-6-19(18)24-11-4-14-25-20-16-10-13-23-12-9-15(16)7-8-17(20)21/h2-3,5-8,22-24H,4,9-14H2,1H3. The van der Waals surface area contributed by atoms with E-state index in [9.17, 15) is 0 Å². The third-order valence-corrected chi connectivity index (χ3v) is 6.19. The first-order chi connectivity index (χ1) is 12.3. The average molecular weight is 376 g/mol. The Morgan fingerprint density at radius 2 is 1.88 bits per heavy atom. The van der Waals surface area contributed by atoms with Gasteiger partial charge in [0.15, 0.2) is 0 Å². The molecule has 3 nitrogen and oxygen atoms in total. The average Bonchev–Trinajstić information content (AvgIpc) is 2.89. The number of para-hydroxylation sites is 2. The van der Waals surface area contributed by atoms with Gasteiger partial charge in [0.05, 0.1) is 16.4 Å². The quantitative estimate of drug-likeness (QED) is 0.485. The Balaban J connectivity index is 1.54. The van der Waals surface area contributed by atoms with E-state index < -0.39 is 0 Å². The summed E-state index contributed by atoms with van der Waals surface area (Å²) in [6, 6.07) is 12.6. The molecule has 2 aromatic rings. The summed E-state index contributed by atoms with van der Waals surface area (Å²) >= 11 is 8.40. The third kappa shape index (κ3) is 4.84. The van der Waals surface area contributed by atoms with Gasteiger partial charge in [-0.05, 0) is 67.4 Å². The van der Waals surface area contributed by atoms with E-state index in [0.29, 0.717) is 0 Å². The van der Waals surface area contributed by atoms with Gasteiger partial charge >= 0.3 is 0 Å². The lowest BCUT2D eigenvalue weighted by atomic mass is 10.0. The number of anilines is 2. The molecule has 0 spiro atoms. The molecule has 0 saturated carbocycles. The predicted octanol–water partition coefficient (Wildman–Crippen LogP) is 4.66. The van der Waals surface area contributed by atoms with Gasteiger partial charge in [-0.15, -0.1) is 11.8 Å². The molecule has 0 aliphatic carbocycles. The van der Waals surface area contributed by atoms with Gasteiger partial charge in [0.2, 0.25) is 0 Å². The SMILES string of the molecule is CNc1ccccc1NCCCSc1c(Cl)ccc2c1CCNCC2. The molecule has 25 heavy (non-hydrogen) atoms. The molecule has 2 aromatic carbocycles. The molecule has 0 bridgehead atoms. The summed E-state index contributed by atoms with van der Waals surface area (Å²) < 4.78 is 0. The van der Waals surface area contributed by atoms with Gasteiger partial charge in [-0.3, -0.25) is 0 Å². The topological polar surface area (TPSA) is 36.1 Å². The van der Waals surface area contributed by atoms with Crippen LogP contribution in [-0.2, 0) is 12.8 Å². The van der Waals surface area contributed by atoms with Crippen LogP contribution in [0.5, 0.6) is 0 Å². The second-order valence-corrected chi connectivity index (χ2v) is 7.70. The summed E-state index contributed by atoms with van der Waals surface area (Å²) in [5.74, 6) is 1.07. The molecule has 0 unspecified atom stereocenters. The highest BCUT2D eigenvalue weighted by Crippen LogP contribution is 2.34. The van der Waals surface area contributed by atoms with Gasteiger partial charge in [-0.25, -0.2) is 0 Å². The first kappa shape index (κ1) is 18.4. The zero-order valence-electron chi connectivity index (χ0n) is 14.7. The lowest BCUT2D eigenvalue weighted by Crippen LogP contribution is -2.16. The number of hydrogen-bond donors (Lipinski definition) is 3. The number of thioether (sulfide) groups is 1. The minimum absolute atomic E-state index is 0.902. The van der Waals surface area contributed by atoms with Crippen LogP contribution in [0.25, 0.3) is 0 Å². The lowest BCUT2D eigenvalue weighted by Gasteiger charge is -2.14. The molecule has 0 aromatic heterocycles. The van der Waals surface area contributed by atoms with Crippen molar-refractivity contribution in [2.45, 2.75) is 24.2 Å². The summed E-state index contributed by atoms with van der Waals surface area (Å²) in [4.78, 5) is 1.29. The molecule has 1 aliphatic heterocycles. The van der Waals surface area contributed by atoms with Gasteiger partial charge in [0.25, 0.3) is 0 Å². The van der Waals surface area contributed by atoms with Gasteiger partial charge in [0.1, 0.15) is 0 Å². The van der Waals surface area contributed by atoms with Crippen molar-refractivity contribution in [1.82, 2.24) is 5.32 Å². The fourth-order valence-electron chi connectivity index (χ4n) is 3.19. The second-order valence-electron chi connectivity index (χ2n) is 6.19. The molecule has 3 N–H and O–H groups in total. The molecule has 3 rings (SSSR count). The Kier molecular flexibility index (Phi) is 6.91. The van der Waals surface area contributed by atoms with Crippen molar-refractivity contribution in [3.63, 3.8) is 0 Å². The maximum Gasteiger partial charge on any atom is 0.0575 e. The van der Waals surface area contributed by atoms with Crippen LogP contribution in [0.4, 0.5) is 11.4 Å². The highest BCUT2D eigenvalue weighted by Gasteiger charge is 2.14. The van der Waals surface area contributed by atoms with Crippen molar-refractivity contribution in [2.75, 3.05) is 43.1 Å². The van der Waals surface area contributed by atoms with Crippen molar-refractivity contribution in [3.05, 3.63) is 52.5 Å². The van der Waals surface area contributed by atoms with Crippen LogP contribution in [0.15, 0.2) is 41.3 Å². The van der Waals surface area contributed by atoms with Gasteiger partial charge in [-0.2, -0.15) is 0 Å². The Labute approximate surface area is 159 Å². The first-order valence-electron chi connectivity index (χ1n) is 8.94. The molecule has 1 heterocycles.